The average molecular weight is 232 g/mol. The molecule has 0 aliphatic heterocycles. The first-order chi connectivity index (χ1) is 6.58. The van der Waals surface area contributed by atoms with E-state index in [2.05, 4.69) is 15.0 Å². The van der Waals surface area contributed by atoms with Crippen molar-refractivity contribution in [2.45, 2.75) is 0 Å². The Morgan fingerprint density at radius 3 is 2.64 bits per heavy atom. The standard InChI is InChI=1S/C7H3Cl2N3O2/c8-3-1-2-4(5(9)10-3)11-7(14)12-6(2)13/h1H,(H2,11,12,13,14). The second-order valence-electron chi connectivity index (χ2n) is 2.57. The Labute approximate surface area is 86.7 Å². The molecule has 2 aromatic heterocycles. The van der Waals surface area contributed by atoms with Gasteiger partial charge in [-0.25, -0.2) is 9.78 Å². The van der Waals surface area contributed by atoms with Crippen LogP contribution in [-0.2, 0) is 0 Å². The third kappa shape index (κ3) is 1.40. The van der Waals surface area contributed by atoms with E-state index in [1.54, 1.807) is 0 Å². The summed E-state index contributed by atoms with van der Waals surface area (Å²) in [7, 11) is 0. The summed E-state index contributed by atoms with van der Waals surface area (Å²) in [6.07, 6.45) is 0. The fraction of sp³-hybridized carbons (Fsp3) is 0. The SMILES string of the molecule is O=c1[nH]c(=O)c2cc(Cl)nc(Cl)c2[nH]1. The van der Waals surface area contributed by atoms with Gasteiger partial charge in [-0.2, -0.15) is 0 Å². The molecule has 0 saturated carbocycles. The van der Waals surface area contributed by atoms with Gasteiger partial charge in [0.05, 0.1) is 10.9 Å². The van der Waals surface area contributed by atoms with Crippen LogP contribution in [0.1, 0.15) is 0 Å². The molecule has 14 heavy (non-hydrogen) atoms. The Morgan fingerprint density at radius 2 is 1.93 bits per heavy atom. The summed E-state index contributed by atoms with van der Waals surface area (Å²) in [5.74, 6) is 0. The van der Waals surface area contributed by atoms with Crippen molar-refractivity contribution < 1.29 is 0 Å². The van der Waals surface area contributed by atoms with Crippen molar-refractivity contribution in [1.29, 1.82) is 0 Å². The quantitative estimate of drug-likeness (QED) is 0.662. The van der Waals surface area contributed by atoms with Gasteiger partial charge in [0, 0.05) is 0 Å². The van der Waals surface area contributed by atoms with Crippen molar-refractivity contribution in [1.82, 2.24) is 15.0 Å². The van der Waals surface area contributed by atoms with Crippen LogP contribution >= 0.6 is 23.2 Å². The minimum Gasteiger partial charge on any atom is -0.304 e. The molecule has 7 heteroatoms. The highest BCUT2D eigenvalue weighted by Gasteiger charge is 2.07. The Hall–Kier alpha value is -1.33. The lowest BCUT2D eigenvalue weighted by molar-refractivity contribution is 1.07. The molecular weight excluding hydrogens is 229 g/mol. The molecule has 2 rings (SSSR count). The number of aromatic nitrogens is 3. The zero-order valence-electron chi connectivity index (χ0n) is 6.60. The van der Waals surface area contributed by atoms with E-state index in [0.717, 1.165) is 0 Å². The molecule has 2 N–H and O–H groups in total. The number of halogens is 2. The second kappa shape index (κ2) is 3.11. The number of nitrogens with one attached hydrogen (secondary N) is 2. The van der Waals surface area contributed by atoms with E-state index in [0.29, 0.717) is 0 Å². The summed E-state index contributed by atoms with van der Waals surface area (Å²) in [6.45, 7) is 0. The Balaban J connectivity index is 3.10. The van der Waals surface area contributed by atoms with Crippen molar-refractivity contribution in [3.8, 4) is 0 Å². The van der Waals surface area contributed by atoms with Crippen LogP contribution in [0.3, 0.4) is 0 Å². The van der Waals surface area contributed by atoms with Crippen LogP contribution in [0, 0.1) is 0 Å². The van der Waals surface area contributed by atoms with Crippen LogP contribution in [0.5, 0.6) is 0 Å². The molecule has 0 saturated heterocycles. The molecule has 0 amide bonds. The summed E-state index contributed by atoms with van der Waals surface area (Å²) in [4.78, 5) is 30.3. The van der Waals surface area contributed by atoms with Crippen molar-refractivity contribution >= 4 is 34.1 Å². The largest absolute Gasteiger partial charge is 0.326 e. The highest BCUT2D eigenvalue weighted by Crippen LogP contribution is 2.18. The maximum atomic E-state index is 11.3. The van der Waals surface area contributed by atoms with Crippen LogP contribution in [0.2, 0.25) is 10.3 Å². The van der Waals surface area contributed by atoms with E-state index >= 15 is 0 Å². The summed E-state index contributed by atoms with van der Waals surface area (Å²) in [5.41, 5.74) is -0.992. The zero-order valence-corrected chi connectivity index (χ0v) is 8.11. The number of H-pyrrole nitrogens is 2. The predicted molar refractivity (Wildman–Crippen MR) is 53.0 cm³/mol. The highest BCUT2D eigenvalue weighted by atomic mass is 35.5. The maximum absolute atomic E-state index is 11.3. The first-order valence-corrected chi connectivity index (χ1v) is 4.32. The van der Waals surface area contributed by atoms with E-state index in [4.69, 9.17) is 23.2 Å². The predicted octanol–water partition coefficient (Wildman–Crippen LogP) is 0.918. The molecule has 2 heterocycles. The molecule has 2 aromatic rings. The van der Waals surface area contributed by atoms with Crippen molar-refractivity contribution in [2.24, 2.45) is 0 Å². The smallest absolute Gasteiger partial charge is 0.304 e. The third-order valence-corrected chi connectivity index (χ3v) is 2.12. The van der Waals surface area contributed by atoms with Crippen LogP contribution in [0.4, 0.5) is 0 Å². The van der Waals surface area contributed by atoms with Gasteiger partial charge in [-0.05, 0) is 6.07 Å². The molecule has 0 aromatic carbocycles. The molecule has 0 fully saturated rings. The minimum absolute atomic E-state index is 0.00398. The number of hydrogen-bond donors (Lipinski definition) is 2. The van der Waals surface area contributed by atoms with Crippen LogP contribution in [0.15, 0.2) is 15.7 Å². The molecule has 72 valence electrons. The molecule has 5 nitrogen and oxygen atoms in total. The number of hydrogen-bond acceptors (Lipinski definition) is 3. The first-order valence-electron chi connectivity index (χ1n) is 3.56. The van der Waals surface area contributed by atoms with Gasteiger partial charge in [-0.3, -0.25) is 9.78 Å². The summed E-state index contributed by atoms with van der Waals surface area (Å²) in [5, 5.41) is 0.297. The number of nitrogens with zero attached hydrogens (tertiary/aromatic N) is 1. The van der Waals surface area contributed by atoms with Crippen molar-refractivity contribution in [3.63, 3.8) is 0 Å². The fourth-order valence-corrected chi connectivity index (χ4v) is 1.57. The number of aromatic amines is 2. The lowest BCUT2D eigenvalue weighted by Gasteiger charge is -1.98. The van der Waals surface area contributed by atoms with Gasteiger partial charge in [0.25, 0.3) is 5.56 Å². The number of fused-ring (bicyclic) bond motifs is 1. The van der Waals surface area contributed by atoms with Crippen LogP contribution in [0.25, 0.3) is 10.9 Å². The Morgan fingerprint density at radius 1 is 1.21 bits per heavy atom. The van der Waals surface area contributed by atoms with E-state index in [1.807, 2.05) is 0 Å². The molecule has 0 aliphatic rings. The molecule has 0 radical (unpaired) electrons. The molecule has 0 aliphatic carbocycles. The summed E-state index contributed by atoms with van der Waals surface area (Å²) < 4.78 is 0. The average Bonchev–Trinajstić information content (AvgIpc) is 2.07. The van der Waals surface area contributed by atoms with Gasteiger partial charge >= 0.3 is 5.69 Å². The number of pyridine rings is 1. The molecule has 0 atom stereocenters. The second-order valence-corrected chi connectivity index (χ2v) is 3.31. The Bertz CT molecular complexity index is 616. The van der Waals surface area contributed by atoms with E-state index in [-0.39, 0.29) is 21.2 Å². The lowest BCUT2D eigenvalue weighted by atomic mass is 10.3. The molecule has 0 spiro atoms. The summed E-state index contributed by atoms with van der Waals surface area (Å²) >= 11 is 11.3. The minimum atomic E-state index is -0.631. The monoisotopic (exact) mass is 231 g/mol. The third-order valence-electron chi connectivity index (χ3n) is 1.65. The van der Waals surface area contributed by atoms with Crippen LogP contribution in [-0.4, -0.2) is 15.0 Å². The topological polar surface area (TPSA) is 78.6 Å². The van der Waals surface area contributed by atoms with Crippen molar-refractivity contribution in [2.75, 3.05) is 0 Å². The van der Waals surface area contributed by atoms with Gasteiger partial charge in [-0.1, -0.05) is 23.2 Å². The maximum Gasteiger partial charge on any atom is 0.326 e. The van der Waals surface area contributed by atoms with E-state index in [9.17, 15) is 9.59 Å². The molecule has 0 bridgehead atoms. The van der Waals surface area contributed by atoms with E-state index in [1.165, 1.54) is 6.07 Å². The Kier molecular flexibility index (Phi) is 2.05. The van der Waals surface area contributed by atoms with Gasteiger partial charge in [-0.15, -0.1) is 0 Å². The zero-order chi connectivity index (χ0) is 10.3. The lowest BCUT2D eigenvalue weighted by Crippen LogP contribution is -2.22. The molecule has 0 unspecified atom stereocenters. The molecular formula is C7H3Cl2N3O2. The van der Waals surface area contributed by atoms with Crippen molar-refractivity contribution in [3.05, 3.63) is 37.2 Å². The first kappa shape index (κ1) is 9.23. The highest BCUT2D eigenvalue weighted by molar-refractivity contribution is 6.36. The normalized spacial score (nSPS) is 10.7. The number of rotatable bonds is 0. The van der Waals surface area contributed by atoms with Gasteiger partial charge in [0.1, 0.15) is 5.15 Å². The summed E-state index contributed by atoms with van der Waals surface area (Å²) in [6, 6.07) is 1.33. The van der Waals surface area contributed by atoms with Gasteiger partial charge in [0.2, 0.25) is 0 Å². The van der Waals surface area contributed by atoms with E-state index < -0.39 is 11.2 Å². The van der Waals surface area contributed by atoms with Crippen LogP contribution < -0.4 is 11.2 Å². The fourth-order valence-electron chi connectivity index (χ4n) is 1.10. The van der Waals surface area contributed by atoms with Gasteiger partial charge < -0.3 is 4.98 Å². The van der Waals surface area contributed by atoms with Gasteiger partial charge in [0.15, 0.2) is 5.15 Å².